The number of benzene rings is 2. The van der Waals surface area contributed by atoms with Crippen molar-refractivity contribution in [2.24, 2.45) is 0 Å². The van der Waals surface area contributed by atoms with E-state index in [-0.39, 0.29) is 30.6 Å². The summed E-state index contributed by atoms with van der Waals surface area (Å²) >= 11 is 1.64. The first-order valence-electron chi connectivity index (χ1n) is 9.97. The number of ketones is 1. The normalized spacial score (nSPS) is 15.6. The second-order valence-corrected chi connectivity index (χ2v) is 7.98. The molecule has 1 atom stereocenters. The zero-order valence-corrected chi connectivity index (χ0v) is 17.6. The van der Waals surface area contributed by atoms with Gasteiger partial charge >= 0.3 is 0 Å². The summed E-state index contributed by atoms with van der Waals surface area (Å²) in [5.41, 5.74) is 1.73. The molecule has 1 aliphatic rings. The zero-order valence-electron chi connectivity index (χ0n) is 16.8. The maximum Gasteiger partial charge on any atom is 0.220 e. The number of thioether (sulfide) groups is 1. The van der Waals surface area contributed by atoms with Gasteiger partial charge in [0, 0.05) is 42.9 Å². The fraction of sp³-hybridized carbons (Fsp3) is 0.391. The van der Waals surface area contributed by atoms with Crippen molar-refractivity contribution in [1.82, 2.24) is 10.2 Å². The zero-order chi connectivity index (χ0) is 20.5. The second-order valence-electron chi connectivity index (χ2n) is 7.10. The highest BCUT2D eigenvalue weighted by atomic mass is 32.2. The summed E-state index contributed by atoms with van der Waals surface area (Å²) in [4.78, 5) is 28.4. The molecule has 0 radical (unpaired) electrons. The van der Waals surface area contributed by atoms with Crippen molar-refractivity contribution >= 4 is 23.5 Å². The van der Waals surface area contributed by atoms with Crippen LogP contribution in [0.1, 0.15) is 34.8 Å². The Morgan fingerprint density at radius 2 is 1.72 bits per heavy atom. The number of amides is 1. The number of carbonyl (C=O) groups is 2. The molecule has 2 aromatic rings. The van der Waals surface area contributed by atoms with Gasteiger partial charge in [-0.3, -0.25) is 14.5 Å². The Kier molecular flexibility index (Phi) is 8.28. The predicted octanol–water partition coefficient (Wildman–Crippen LogP) is 3.56. The van der Waals surface area contributed by atoms with E-state index in [0.29, 0.717) is 5.56 Å². The summed E-state index contributed by atoms with van der Waals surface area (Å²) in [5, 5.41) is 3.13. The van der Waals surface area contributed by atoms with Gasteiger partial charge in [-0.05, 0) is 24.0 Å². The SMILES string of the molecule is CSc1ccc(C(=O)CCC(=O)N[C@H](CN2CCOCC2)c2ccccc2)cc1. The van der Waals surface area contributed by atoms with Crippen molar-refractivity contribution in [3.8, 4) is 0 Å². The monoisotopic (exact) mass is 412 g/mol. The molecule has 6 heteroatoms. The smallest absolute Gasteiger partial charge is 0.220 e. The molecule has 1 amide bonds. The molecule has 1 saturated heterocycles. The van der Waals surface area contributed by atoms with Crippen molar-refractivity contribution in [2.45, 2.75) is 23.8 Å². The van der Waals surface area contributed by atoms with Crippen molar-refractivity contribution < 1.29 is 14.3 Å². The number of morpholine rings is 1. The van der Waals surface area contributed by atoms with Crippen LogP contribution in [0.4, 0.5) is 0 Å². The average molecular weight is 413 g/mol. The van der Waals surface area contributed by atoms with Crippen LogP contribution in [-0.4, -0.2) is 55.7 Å². The van der Waals surface area contributed by atoms with Gasteiger partial charge in [0.25, 0.3) is 0 Å². The molecular weight excluding hydrogens is 384 g/mol. The maximum atomic E-state index is 12.6. The van der Waals surface area contributed by atoms with Crippen LogP contribution in [0.3, 0.4) is 0 Å². The van der Waals surface area contributed by atoms with Gasteiger partial charge in [0.15, 0.2) is 5.78 Å². The lowest BCUT2D eigenvalue weighted by Gasteiger charge is -2.31. The van der Waals surface area contributed by atoms with Gasteiger partial charge in [-0.25, -0.2) is 0 Å². The van der Waals surface area contributed by atoms with Gasteiger partial charge < -0.3 is 10.1 Å². The standard InChI is InChI=1S/C23H28N2O3S/c1-29-20-9-7-19(8-10-20)22(26)11-12-23(27)24-21(18-5-3-2-4-6-18)17-25-13-15-28-16-14-25/h2-10,21H,11-17H2,1H3,(H,24,27)/t21-/m1/s1. The van der Waals surface area contributed by atoms with Gasteiger partial charge in [0.05, 0.1) is 19.3 Å². The summed E-state index contributed by atoms with van der Waals surface area (Å²) in [6, 6.07) is 17.4. The van der Waals surface area contributed by atoms with Crippen molar-refractivity contribution in [3.63, 3.8) is 0 Å². The number of rotatable bonds is 9. The van der Waals surface area contributed by atoms with Gasteiger partial charge in [0.2, 0.25) is 5.91 Å². The van der Waals surface area contributed by atoms with E-state index < -0.39 is 0 Å². The molecule has 29 heavy (non-hydrogen) atoms. The van der Waals surface area contributed by atoms with Crippen molar-refractivity contribution in [2.75, 3.05) is 39.1 Å². The molecule has 0 bridgehead atoms. The Hall–Kier alpha value is -2.15. The number of ether oxygens (including phenoxy) is 1. The molecule has 1 aliphatic heterocycles. The average Bonchev–Trinajstić information content (AvgIpc) is 2.78. The van der Waals surface area contributed by atoms with Gasteiger partial charge in [-0.15, -0.1) is 11.8 Å². The van der Waals surface area contributed by atoms with Crippen LogP contribution in [0.2, 0.25) is 0 Å². The molecule has 0 aliphatic carbocycles. The van der Waals surface area contributed by atoms with Crippen LogP contribution in [0, 0.1) is 0 Å². The summed E-state index contributed by atoms with van der Waals surface area (Å²) in [6.07, 6.45) is 2.40. The molecule has 2 aromatic carbocycles. The first-order chi connectivity index (χ1) is 14.2. The molecule has 5 nitrogen and oxygen atoms in total. The minimum atomic E-state index is -0.0993. The predicted molar refractivity (Wildman–Crippen MR) is 116 cm³/mol. The molecule has 0 saturated carbocycles. The fourth-order valence-electron chi connectivity index (χ4n) is 3.38. The third-order valence-corrected chi connectivity index (χ3v) is 5.82. The lowest BCUT2D eigenvalue weighted by Crippen LogP contribution is -2.43. The summed E-state index contributed by atoms with van der Waals surface area (Å²) in [7, 11) is 0. The second kappa shape index (κ2) is 11.1. The topological polar surface area (TPSA) is 58.6 Å². The van der Waals surface area contributed by atoms with E-state index in [0.717, 1.165) is 43.3 Å². The van der Waals surface area contributed by atoms with Crippen molar-refractivity contribution in [3.05, 3.63) is 65.7 Å². The quantitative estimate of drug-likeness (QED) is 0.504. The first-order valence-corrected chi connectivity index (χ1v) is 11.2. The van der Waals surface area contributed by atoms with E-state index in [1.54, 1.807) is 11.8 Å². The molecule has 1 heterocycles. The van der Waals surface area contributed by atoms with Gasteiger partial charge in [0.1, 0.15) is 0 Å². The van der Waals surface area contributed by atoms with E-state index in [1.165, 1.54) is 0 Å². The third-order valence-electron chi connectivity index (χ3n) is 5.07. The fourth-order valence-corrected chi connectivity index (χ4v) is 3.78. The first kappa shape index (κ1) is 21.6. The maximum absolute atomic E-state index is 12.6. The Morgan fingerprint density at radius 3 is 2.38 bits per heavy atom. The number of nitrogens with one attached hydrogen (secondary N) is 1. The van der Waals surface area contributed by atoms with E-state index in [2.05, 4.69) is 10.2 Å². The number of hydrogen-bond acceptors (Lipinski definition) is 5. The minimum absolute atomic E-state index is 0.00255. The van der Waals surface area contributed by atoms with Crippen LogP contribution >= 0.6 is 11.8 Å². The van der Waals surface area contributed by atoms with Crippen molar-refractivity contribution in [1.29, 1.82) is 0 Å². The lowest BCUT2D eigenvalue weighted by atomic mass is 10.0. The highest BCUT2D eigenvalue weighted by Gasteiger charge is 2.20. The molecule has 0 spiro atoms. The highest BCUT2D eigenvalue weighted by Crippen LogP contribution is 2.18. The van der Waals surface area contributed by atoms with Gasteiger partial charge in [-0.1, -0.05) is 42.5 Å². The van der Waals surface area contributed by atoms with E-state index in [1.807, 2.05) is 60.9 Å². The summed E-state index contributed by atoms with van der Waals surface area (Å²) < 4.78 is 5.42. The van der Waals surface area contributed by atoms with E-state index in [9.17, 15) is 9.59 Å². The summed E-state index contributed by atoms with van der Waals surface area (Å²) in [6.45, 7) is 3.91. The Balaban J connectivity index is 1.56. The Bertz CT molecular complexity index is 790. The number of Topliss-reactive ketones (excluding diaryl/α,β-unsaturated/α-hetero) is 1. The van der Waals surface area contributed by atoms with Crippen LogP contribution in [-0.2, 0) is 9.53 Å². The lowest BCUT2D eigenvalue weighted by molar-refractivity contribution is -0.122. The molecule has 154 valence electrons. The molecule has 0 aromatic heterocycles. The largest absolute Gasteiger partial charge is 0.379 e. The molecule has 3 rings (SSSR count). The Morgan fingerprint density at radius 1 is 1.03 bits per heavy atom. The van der Waals surface area contributed by atoms with Crippen LogP contribution < -0.4 is 5.32 Å². The third kappa shape index (κ3) is 6.70. The number of carbonyl (C=O) groups excluding carboxylic acids is 2. The van der Waals surface area contributed by atoms with Gasteiger partial charge in [-0.2, -0.15) is 0 Å². The molecule has 0 unspecified atom stereocenters. The van der Waals surface area contributed by atoms with Crippen LogP contribution in [0.25, 0.3) is 0 Å². The highest BCUT2D eigenvalue weighted by molar-refractivity contribution is 7.98. The number of hydrogen-bond donors (Lipinski definition) is 1. The van der Waals surface area contributed by atoms with E-state index in [4.69, 9.17) is 4.74 Å². The molecule has 1 N–H and O–H groups in total. The van der Waals surface area contributed by atoms with Crippen LogP contribution in [0.5, 0.6) is 0 Å². The van der Waals surface area contributed by atoms with E-state index >= 15 is 0 Å². The molecular formula is C23H28N2O3S. The van der Waals surface area contributed by atoms with Crippen LogP contribution in [0.15, 0.2) is 59.5 Å². The number of nitrogens with zero attached hydrogens (tertiary/aromatic N) is 1. The molecule has 1 fully saturated rings. The Labute approximate surface area is 176 Å². The minimum Gasteiger partial charge on any atom is -0.379 e. The summed E-state index contributed by atoms with van der Waals surface area (Å²) in [5.74, 6) is -0.0987.